The molecule has 0 aliphatic heterocycles. The lowest BCUT2D eigenvalue weighted by Gasteiger charge is -2.27. The second-order valence-corrected chi connectivity index (χ2v) is 11.6. The van der Waals surface area contributed by atoms with E-state index in [1.165, 1.54) is 31.4 Å². The Kier molecular flexibility index (Phi) is 10.6. The minimum absolute atomic E-state index is 0.00192. The minimum atomic E-state index is -6.06. The maximum Gasteiger partial charge on any atom is 0.534 e. The highest BCUT2D eigenvalue weighted by Crippen LogP contribution is 2.37. The van der Waals surface area contributed by atoms with Crippen LogP contribution in [-0.4, -0.2) is 45.2 Å². The van der Waals surface area contributed by atoms with Gasteiger partial charge in [0.15, 0.2) is 5.75 Å². The van der Waals surface area contributed by atoms with Gasteiger partial charge in [-0.2, -0.15) is 21.6 Å². The molecule has 0 saturated carbocycles. The topological polar surface area (TPSA) is 111 Å². The Balaban J connectivity index is 2.16. The van der Waals surface area contributed by atoms with Crippen LogP contribution in [0.4, 0.5) is 29.3 Å². The summed E-state index contributed by atoms with van der Waals surface area (Å²) >= 11 is 0. The van der Waals surface area contributed by atoms with E-state index >= 15 is 0 Å². The molecule has 0 spiro atoms. The molecule has 0 saturated heterocycles. The average molecular weight is 621 g/mol. The van der Waals surface area contributed by atoms with Crippen LogP contribution in [-0.2, 0) is 30.9 Å². The van der Waals surface area contributed by atoms with Gasteiger partial charge in [0.2, 0.25) is 0 Å². The van der Waals surface area contributed by atoms with Crippen molar-refractivity contribution in [3.8, 4) is 5.75 Å². The van der Waals surface area contributed by atoms with Crippen molar-refractivity contribution < 1.29 is 44.8 Å². The molecular weight excluding hydrogens is 589 g/mol. The van der Waals surface area contributed by atoms with E-state index in [-0.39, 0.29) is 35.7 Å². The molecule has 0 aliphatic carbocycles. The number of halogens is 3. The third kappa shape index (κ3) is 9.06. The molecule has 0 radical (unpaired) electrons. The molecule has 0 bridgehead atoms. The number of carbonyl (C=O) groups is 2. The van der Waals surface area contributed by atoms with E-state index < -0.39 is 39.0 Å². The van der Waals surface area contributed by atoms with Crippen molar-refractivity contribution in [3.63, 3.8) is 0 Å². The molecule has 1 N–H and O–H groups in total. The van der Waals surface area contributed by atoms with Crippen molar-refractivity contribution in [2.24, 2.45) is 0 Å². The normalized spacial score (nSPS) is 12.4. The first-order valence-corrected chi connectivity index (χ1v) is 14.3. The Labute approximate surface area is 248 Å². The quantitative estimate of drug-likeness (QED) is 0.156. The number of hydrogen-bond donors (Lipinski definition) is 1. The van der Waals surface area contributed by atoms with Crippen molar-refractivity contribution in [1.82, 2.24) is 0 Å². The van der Waals surface area contributed by atoms with E-state index in [4.69, 9.17) is 9.47 Å². The van der Waals surface area contributed by atoms with Gasteiger partial charge in [-0.25, -0.2) is 4.79 Å². The number of amides is 2. The fraction of sp³-hybridized carbons (Fsp3) is 0.267. The van der Waals surface area contributed by atoms with E-state index in [1.807, 2.05) is 0 Å². The Morgan fingerprint density at radius 1 is 0.907 bits per heavy atom. The third-order valence-corrected chi connectivity index (χ3v) is 6.57. The Bertz CT molecular complexity index is 1570. The minimum Gasteiger partial charge on any atom is -0.444 e. The van der Waals surface area contributed by atoms with Gasteiger partial charge >= 0.3 is 21.7 Å². The van der Waals surface area contributed by atoms with Crippen molar-refractivity contribution >= 4 is 39.1 Å². The highest BCUT2D eigenvalue weighted by atomic mass is 32.2. The second-order valence-electron chi connectivity index (χ2n) is 10.1. The van der Waals surface area contributed by atoms with E-state index in [0.717, 1.165) is 11.0 Å². The lowest BCUT2D eigenvalue weighted by molar-refractivity contribution is -0.113. The number of methoxy groups -OCH3 is 1. The van der Waals surface area contributed by atoms with Gasteiger partial charge in [0.05, 0.1) is 24.5 Å². The van der Waals surface area contributed by atoms with Crippen LogP contribution in [0.5, 0.6) is 5.75 Å². The molecular formula is C30H31F3N2O7S. The molecule has 0 heterocycles. The first-order chi connectivity index (χ1) is 20.1. The van der Waals surface area contributed by atoms with Gasteiger partial charge in [-0.3, -0.25) is 10.1 Å². The predicted octanol–water partition coefficient (Wildman–Crippen LogP) is 6.53. The van der Waals surface area contributed by atoms with E-state index in [9.17, 15) is 31.2 Å². The summed E-state index contributed by atoms with van der Waals surface area (Å²) in [5.74, 6) is -1.46. The summed E-state index contributed by atoms with van der Waals surface area (Å²) in [5, 5.41) is 2.62. The number of nitrogens with one attached hydrogen (secondary N) is 1. The van der Waals surface area contributed by atoms with Crippen LogP contribution in [0.15, 0.2) is 84.9 Å². The van der Waals surface area contributed by atoms with Crippen LogP contribution < -0.4 is 14.4 Å². The van der Waals surface area contributed by atoms with Gasteiger partial charge in [0, 0.05) is 18.2 Å². The summed E-state index contributed by atoms with van der Waals surface area (Å²) in [4.78, 5) is 28.1. The number of alkyl halides is 3. The lowest BCUT2D eigenvalue weighted by Crippen LogP contribution is -2.33. The third-order valence-electron chi connectivity index (χ3n) is 5.61. The van der Waals surface area contributed by atoms with Gasteiger partial charge in [0.1, 0.15) is 5.60 Å². The molecule has 13 heteroatoms. The number of para-hydroxylation sites is 3. The van der Waals surface area contributed by atoms with Crippen LogP contribution in [0.1, 0.15) is 31.9 Å². The zero-order valence-electron chi connectivity index (χ0n) is 23.8. The standard InChI is InChI=1S/C30H31F3N2O7S/c1-29(2,3)41-28(37)34-24-15-9-8-14-22(24)23(18-19-40-4)27(36)35(20-21-12-6-5-7-13-21)25-16-10-11-17-26(25)42-43(38,39)30(31,32)33/h5-18H,19-20H2,1-4H3,(H,34,37)/b23-18-. The molecule has 230 valence electrons. The maximum absolute atomic E-state index is 14.4. The molecule has 0 aromatic heterocycles. The van der Waals surface area contributed by atoms with Crippen molar-refractivity contribution in [2.45, 2.75) is 38.4 Å². The van der Waals surface area contributed by atoms with Crippen LogP contribution in [0.2, 0.25) is 0 Å². The van der Waals surface area contributed by atoms with Gasteiger partial charge < -0.3 is 18.6 Å². The SMILES string of the molecule is COC/C=C(\C(=O)N(Cc1ccccc1)c1ccccc1OS(=O)(=O)C(F)(F)F)c1ccccc1NC(=O)OC(C)(C)C. The number of nitrogens with zero attached hydrogens (tertiary/aromatic N) is 1. The smallest absolute Gasteiger partial charge is 0.444 e. The summed E-state index contributed by atoms with van der Waals surface area (Å²) in [6.45, 7) is 4.82. The number of ether oxygens (including phenoxy) is 2. The van der Waals surface area contributed by atoms with Crippen LogP contribution in [0, 0.1) is 0 Å². The van der Waals surface area contributed by atoms with E-state index in [0.29, 0.717) is 5.56 Å². The zero-order chi connectivity index (χ0) is 31.8. The summed E-state index contributed by atoms with van der Waals surface area (Å²) in [7, 11) is -4.66. The predicted molar refractivity (Wildman–Crippen MR) is 156 cm³/mol. The van der Waals surface area contributed by atoms with E-state index in [1.54, 1.807) is 75.4 Å². The largest absolute Gasteiger partial charge is 0.534 e. The van der Waals surface area contributed by atoms with Crippen LogP contribution >= 0.6 is 0 Å². The first kappa shape index (κ1) is 33.1. The molecule has 0 fully saturated rings. The Morgan fingerprint density at radius 2 is 1.51 bits per heavy atom. The monoisotopic (exact) mass is 620 g/mol. The molecule has 0 unspecified atom stereocenters. The molecule has 3 aromatic carbocycles. The average Bonchev–Trinajstić information content (AvgIpc) is 2.92. The molecule has 43 heavy (non-hydrogen) atoms. The number of benzene rings is 3. The molecule has 0 aliphatic rings. The Hall–Kier alpha value is -4.36. The fourth-order valence-corrected chi connectivity index (χ4v) is 4.29. The van der Waals surface area contributed by atoms with E-state index in [2.05, 4.69) is 9.50 Å². The molecule has 3 rings (SSSR count). The highest BCUT2D eigenvalue weighted by molar-refractivity contribution is 7.88. The van der Waals surface area contributed by atoms with Crippen LogP contribution in [0.3, 0.4) is 0 Å². The van der Waals surface area contributed by atoms with Crippen molar-refractivity contribution in [3.05, 3.63) is 96.1 Å². The van der Waals surface area contributed by atoms with Gasteiger partial charge in [-0.05, 0) is 50.6 Å². The van der Waals surface area contributed by atoms with Crippen molar-refractivity contribution in [1.29, 1.82) is 0 Å². The zero-order valence-corrected chi connectivity index (χ0v) is 24.7. The summed E-state index contributed by atoms with van der Waals surface area (Å²) in [6, 6.07) is 19.9. The maximum atomic E-state index is 14.4. The summed E-state index contributed by atoms with van der Waals surface area (Å²) in [6.07, 6.45) is 0.655. The second kappa shape index (κ2) is 13.7. The van der Waals surface area contributed by atoms with Crippen LogP contribution in [0.25, 0.3) is 5.57 Å². The lowest BCUT2D eigenvalue weighted by atomic mass is 10.0. The number of anilines is 2. The fourth-order valence-electron chi connectivity index (χ4n) is 3.81. The molecule has 3 aromatic rings. The number of rotatable bonds is 10. The van der Waals surface area contributed by atoms with Gasteiger partial charge in [0.25, 0.3) is 5.91 Å². The van der Waals surface area contributed by atoms with Crippen molar-refractivity contribution in [2.75, 3.05) is 23.9 Å². The van der Waals surface area contributed by atoms with Gasteiger partial charge in [-0.1, -0.05) is 60.7 Å². The molecule has 0 atom stereocenters. The molecule has 9 nitrogen and oxygen atoms in total. The summed E-state index contributed by atoms with van der Waals surface area (Å²) in [5.41, 5.74) is -5.73. The van der Waals surface area contributed by atoms with Gasteiger partial charge in [-0.15, -0.1) is 0 Å². The molecule has 2 amide bonds. The summed E-state index contributed by atoms with van der Waals surface area (Å²) < 4.78 is 78.6. The number of carbonyl (C=O) groups excluding carboxylic acids is 2. The highest BCUT2D eigenvalue weighted by Gasteiger charge is 2.49. The first-order valence-electron chi connectivity index (χ1n) is 12.9. The number of hydrogen-bond acceptors (Lipinski definition) is 7. The Morgan fingerprint density at radius 3 is 2.14 bits per heavy atom.